The van der Waals surface area contributed by atoms with Crippen molar-refractivity contribution in [2.75, 3.05) is 32.7 Å². The molecule has 0 aromatic heterocycles. The monoisotopic (exact) mass is 226 g/mol. The molecule has 1 aliphatic rings. The van der Waals surface area contributed by atoms with Gasteiger partial charge in [-0.1, -0.05) is 11.6 Å². The van der Waals surface area contributed by atoms with Crippen molar-refractivity contribution in [1.29, 1.82) is 0 Å². The molecule has 0 bridgehead atoms. The van der Waals surface area contributed by atoms with Gasteiger partial charge in [-0.2, -0.15) is 0 Å². The molecule has 4 nitrogen and oxygen atoms in total. The molecule has 1 atom stereocenters. The molecule has 1 saturated heterocycles. The van der Waals surface area contributed by atoms with Crippen LogP contribution in [-0.4, -0.2) is 59.6 Å². The highest BCUT2D eigenvalue weighted by Crippen LogP contribution is 2.06. The Labute approximate surface area is 97.5 Å². The van der Waals surface area contributed by atoms with Crippen LogP contribution >= 0.6 is 0 Å². The fourth-order valence-electron chi connectivity index (χ4n) is 1.80. The molecular formula is C12H22N2O2. The predicted molar refractivity (Wildman–Crippen MR) is 64.5 cm³/mol. The number of rotatable bonds is 4. The Bertz CT molecular complexity index is 264. The Kier molecular flexibility index (Phi) is 4.96. The van der Waals surface area contributed by atoms with Crippen molar-refractivity contribution in [1.82, 2.24) is 9.80 Å². The number of aliphatic carboxylic acids is 1. The molecule has 1 unspecified atom stereocenters. The van der Waals surface area contributed by atoms with Crippen LogP contribution in [0.4, 0.5) is 0 Å². The Morgan fingerprint density at radius 2 is 1.88 bits per heavy atom. The van der Waals surface area contributed by atoms with E-state index in [1.54, 1.807) is 6.92 Å². The molecule has 16 heavy (non-hydrogen) atoms. The number of carbonyl (C=O) groups is 1. The third-order valence-corrected chi connectivity index (χ3v) is 3.07. The summed E-state index contributed by atoms with van der Waals surface area (Å²) in [5.74, 6) is -0.724. The second-order valence-corrected chi connectivity index (χ2v) is 4.63. The van der Waals surface area contributed by atoms with Gasteiger partial charge in [0.1, 0.15) is 6.04 Å². The Hall–Kier alpha value is -0.870. The average Bonchev–Trinajstić information content (AvgIpc) is 2.26. The van der Waals surface area contributed by atoms with E-state index in [0.29, 0.717) is 0 Å². The molecule has 0 aliphatic carbocycles. The summed E-state index contributed by atoms with van der Waals surface area (Å²) in [6.45, 7) is 10.6. The minimum atomic E-state index is -0.724. The van der Waals surface area contributed by atoms with E-state index in [0.717, 1.165) is 32.7 Å². The minimum Gasteiger partial charge on any atom is -0.480 e. The molecule has 0 amide bonds. The topological polar surface area (TPSA) is 43.8 Å². The normalized spacial score (nSPS) is 20.4. The van der Waals surface area contributed by atoms with Gasteiger partial charge in [0.15, 0.2) is 0 Å². The lowest BCUT2D eigenvalue weighted by Gasteiger charge is -2.36. The third kappa shape index (κ3) is 3.94. The predicted octanol–water partition coefficient (Wildman–Crippen LogP) is 1.04. The second-order valence-electron chi connectivity index (χ2n) is 4.63. The summed E-state index contributed by atoms with van der Waals surface area (Å²) in [6.07, 6.45) is 2.22. The van der Waals surface area contributed by atoms with Crippen LogP contribution in [0.15, 0.2) is 11.6 Å². The highest BCUT2D eigenvalue weighted by Gasteiger charge is 2.24. The van der Waals surface area contributed by atoms with Crippen LogP contribution in [0.1, 0.15) is 20.8 Å². The zero-order chi connectivity index (χ0) is 12.1. The SMILES string of the molecule is CC(C)=CCN1CCN(C(C)C(=O)O)CC1. The maximum atomic E-state index is 10.8. The lowest BCUT2D eigenvalue weighted by Crippen LogP contribution is -2.51. The highest BCUT2D eigenvalue weighted by molar-refractivity contribution is 5.72. The van der Waals surface area contributed by atoms with E-state index in [2.05, 4.69) is 24.8 Å². The first-order chi connectivity index (χ1) is 7.50. The summed E-state index contributed by atoms with van der Waals surface area (Å²) < 4.78 is 0. The molecule has 1 heterocycles. The van der Waals surface area contributed by atoms with Crippen molar-refractivity contribution >= 4 is 5.97 Å². The first kappa shape index (κ1) is 13.2. The summed E-state index contributed by atoms with van der Waals surface area (Å²) in [7, 11) is 0. The maximum absolute atomic E-state index is 10.8. The molecule has 1 rings (SSSR count). The molecule has 0 radical (unpaired) electrons. The van der Waals surface area contributed by atoms with Gasteiger partial charge in [-0.25, -0.2) is 0 Å². The van der Waals surface area contributed by atoms with Crippen molar-refractivity contribution in [3.8, 4) is 0 Å². The number of allylic oxidation sites excluding steroid dienone is 1. The van der Waals surface area contributed by atoms with E-state index >= 15 is 0 Å². The number of hydrogen-bond donors (Lipinski definition) is 1. The van der Waals surface area contributed by atoms with Gasteiger partial charge in [0.25, 0.3) is 0 Å². The van der Waals surface area contributed by atoms with Crippen LogP contribution < -0.4 is 0 Å². The van der Waals surface area contributed by atoms with Gasteiger partial charge in [0.05, 0.1) is 0 Å². The van der Waals surface area contributed by atoms with E-state index < -0.39 is 5.97 Å². The molecule has 92 valence electrons. The van der Waals surface area contributed by atoms with Crippen LogP contribution in [0.5, 0.6) is 0 Å². The zero-order valence-corrected chi connectivity index (χ0v) is 10.4. The largest absolute Gasteiger partial charge is 0.480 e. The first-order valence-electron chi connectivity index (χ1n) is 5.83. The second kappa shape index (κ2) is 6.01. The smallest absolute Gasteiger partial charge is 0.320 e. The molecule has 1 N–H and O–H groups in total. The van der Waals surface area contributed by atoms with Gasteiger partial charge in [0, 0.05) is 32.7 Å². The third-order valence-electron chi connectivity index (χ3n) is 3.07. The van der Waals surface area contributed by atoms with Gasteiger partial charge in [-0.3, -0.25) is 14.6 Å². The summed E-state index contributed by atoms with van der Waals surface area (Å²) in [6, 6.07) is -0.356. The van der Waals surface area contributed by atoms with Crippen LogP contribution in [0.2, 0.25) is 0 Å². The Balaban J connectivity index is 2.34. The van der Waals surface area contributed by atoms with Crippen molar-refractivity contribution in [2.45, 2.75) is 26.8 Å². The van der Waals surface area contributed by atoms with Crippen molar-refractivity contribution in [3.05, 3.63) is 11.6 Å². The van der Waals surface area contributed by atoms with Gasteiger partial charge in [-0.05, 0) is 20.8 Å². The molecule has 0 spiro atoms. The van der Waals surface area contributed by atoms with E-state index in [1.807, 2.05) is 4.90 Å². The summed E-state index contributed by atoms with van der Waals surface area (Å²) in [5, 5.41) is 8.91. The number of carboxylic acid groups (broad SMARTS) is 1. The van der Waals surface area contributed by atoms with Gasteiger partial charge in [0.2, 0.25) is 0 Å². The number of piperazine rings is 1. The summed E-state index contributed by atoms with van der Waals surface area (Å²) >= 11 is 0. The molecular weight excluding hydrogens is 204 g/mol. The number of carboxylic acids is 1. The lowest BCUT2D eigenvalue weighted by atomic mass is 10.2. The molecule has 0 aromatic rings. The van der Waals surface area contributed by atoms with Gasteiger partial charge in [-0.15, -0.1) is 0 Å². The standard InChI is InChI=1S/C12H22N2O2/c1-10(2)4-5-13-6-8-14(9-7-13)11(3)12(15)16/h4,11H,5-9H2,1-3H3,(H,15,16). The molecule has 0 aromatic carbocycles. The minimum absolute atomic E-state index is 0.356. The zero-order valence-electron chi connectivity index (χ0n) is 10.4. The van der Waals surface area contributed by atoms with Crippen LogP contribution in [-0.2, 0) is 4.79 Å². The van der Waals surface area contributed by atoms with Crippen LogP contribution in [0, 0.1) is 0 Å². The average molecular weight is 226 g/mol. The maximum Gasteiger partial charge on any atom is 0.320 e. The summed E-state index contributed by atoms with van der Waals surface area (Å²) in [4.78, 5) is 15.2. The number of nitrogens with zero attached hydrogens (tertiary/aromatic N) is 2. The van der Waals surface area contributed by atoms with E-state index in [9.17, 15) is 4.79 Å². The fourth-order valence-corrected chi connectivity index (χ4v) is 1.80. The number of hydrogen-bond acceptors (Lipinski definition) is 3. The lowest BCUT2D eigenvalue weighted by molar-refractivity contribution is -0.143. The van der Waals surface area contributed by atoms with Gasteiger partial charge >= 0.3 is 5.97 Å². The van der Waals surface area contributed by atoms with Crippen LogP contribution in [0.3, 0.4) is 0 Å². The fraction of sp³-hybridized carbons (Fsp3) is 0.750. The molecule has 1 fully saturated rings. The van der Waals surface area contributed by atoms with E-state index in [4.69, 9.17) is 5.11 Å². The van der Waals surface area contributed by atoms with E-state index in [1.165, 1.54) is 5.57 Å². The highest BCUT2D eigenvalue weighted by atomic mass is 16.4. The van der Waals surface area contributed by atoms with E-state index in [-0.39, 0.29) is 6.04 Å². The summed E-state index contributed by atoms with van der Waals surface area (Å²) in [5.41, 5.74) is 1.33. The van der Waals surface area contributed by atoms with Crippen LogP contribution in [0.25, 0.3) is 0 Å². The van der Waals surface area contributed by atoms with Crippen molar-refractivity contribution < 1.29 is 9.90 Å². The first-order valence-corrected chi connectivity index (χ1v) is 5.83. The van der Waals surface area contributed by atoms with Crippen molar-refractivity contribution in [3.63, 3.8) is 0 Å². The molecule has 0 saturated carbocycles. The Morgan fingerprint density at radius 3 is 2.31 bits per heavy atom. The molecule has 1 aliphatic heterocycles. The Morgan fingerprint density at radius 1 is 1.31 bits per heavy atom. The van der Waals surface area contributed by atoms with Crippen molar-refractivity contribution in [2.24, 2.45) is 0 Å². The quantitative estimate of drug-likeness (QED) is 0.728. The van der Waals surface area contributed by atoms with Gasteiger partial charge < -0.3 is 5.11 Å². The molecule has 4 heteroatoms.